The van der Waals surface area contributed by atoms with Gasteiger partial charge in [0.25, 0.3) is 10.0 Å². The summed E-state index contributed by atoms with van der Waals surface area (Å²) >= 11 is 0. The van der Waals surface area contributed by atoms with Crippen LogP contribution in [0, 0.1) is 19.3 Å². The normalized spacial score (nSPS) is 12.5. The fraction of sp³-hybridized carbons (Fsp3) is 0.414. The number of carboxylic acids is 1. The maximum Gasteiger partial charge on any atom is 0.335 e. The summed E-state index contributed by atoms with van der Waals surface area (Å²) in [5.74, 6) is -1.02. The Hall–Kier alpha value is -3.21. The summed E-state index contributed by atoms with van der Waals surface area (Å²) < 4.78 is 35.0. The molecule has 3 rings (SSSR count). The summed E-state index contributed by atoms with van der Waals surface area (Å²) in [7, 11) is -4.21. The molecule has 0 amide bonds. The topological polar surface area (TPSA) is 144 Å². The highest BCUT2D eigenvalue weighted by Crippen LogP contribution is 2.36. The van der Waals surface area contributed by atoms with E-state index in [0.717, 1.165) is 29.2 Å². The highest BCUT2D eigenvalue weighted by Gasteiger charge is 2.24. The first-order chi connectivity index (χ1) is 18.1. The Morgan fingerprint density at radius 1 is 1.10 bits per heavy atom. The van der Waals surface area contributed by atoms with Crippen molar-refractivity contribution in [1.82, 2.24) is 9.97 Å². The quantitative estimate of drug-likeness (QED) is 0.263. The SMILES string of the molecule is Cc1cccc(C(C)C)c1-c1nc(NS(=O)(=O)c2cccc(C(=O)O)c2)nc(OC[C@H](N)CC(C)(C)C)c1C.Cl. The van der Waals surface area contributed by atoms with E-state index in [0.29, 0.717) is 11.3 Å². The van der Waals surface area contributed by atoms with Crippen molar-refractivity contribution in [1.29, 1.82) is 0 Å². The van der Waals surface area contributed by atoms with Crippen molar-refractivity contribution in [3.05, 3.63) is 64.7 Å². The van der Waals surface area contributed by atoms with Crippen LogP contribution in [0.15, 0.2) is 47.4 Å². The van der Waals surface area contributed by atoms with E-state index in [9.17, 15) is 18.3 Å². The van der Waals surface area contributed by atoms with E-state index in [1.54, 1.807) is 0 Å². The van der Waals surface area contributed by atoms with Crippen molar-refractivity contribution in [2.24, 2.45) is 11.1 Å². The molecule has 0 spiro atoms. The Morgan fingerprint density at radius 3 is 2.35 bits per heavy atom. The van der Waals surface area contributed by atoms with Crippen LogP contribution in [0.2, 0.25) is 0 Å². The first kappa shape index (κ1) is 33.0. The average Bonchev–Trinajstić information content (AvgIpc) is 2.83. The summed E-state index contributed by atoms with van der Waals surface area (Å²) in [5.41, 5.74) is 10.3. The number of hydrogen-bond donors (Lipinski definition) is 3. The molecule has 0 aliphatic heterocycles. The number of halogens is 1. The number of aryl methyl sites for hydroxylation is 1. The molecule has 0 saturated carbocycles. The second-order valence-corrected chi connectivity index (χ2v) is 13.0. The number of aromatic nitrogens is 2. The van der Waals surface area contributed by atoms with E-state index in [2.05, 4.69) is 49.3 Å². The van der Waals surface area contributed by atoms with E-state index in [-0.39, 0.29) is 58.7 Å². The van der Waals surface area contributed by atoms with Crippen LogP contribution < -0.4 is 15.2 Å². The van der Waals surface area contributed by atoms with Gasteiger partial charge in [0, 0.05) is 17.2 Å². The zero-order valence-electron chi connectivity index (χ0n) is 24.0. The van der Waals surface area contributed by atoms with Crippen molar-refractivity contribution in [2.45, 2.75) is 71.7 Å². The van der Waals surface area contributed by atoms with Gasteiger partial charge >= 0.3 is 5.97 Å². The van der Waals surface area contributed by atoms with Crippen LogP contribution in [0.5, 0.6) is 5.88 Å². The predicted molar refractivity (Wildman–Crippen MR) is 160 cm³/mol. The largest absolute Gasteiger partial charge is 0.478 e. The van der Waals surface area contributed by atoms with Crippen LogP contribution >= 0.6 is 12.4 Å². The average molecular weight is 591 g/mol. The van der Waals surface area contributed by atoms with Gasteiger partial charge < -0.3 is 15.6 Å². The Bertz CT molecular complexity index is 1470. The summed E-state index contributed by atoms with van der Waals surface area (Å²) in [6.45, 7) is 14.4. The fourth-order valence-electron chi connectivity index (χ4n) is 4.43. The lowest BCUT2D eigenvalue weighted by molar-refractivity contribution is 0.0696. The molecule has 0 radical (unpaired) electrons. The summed E-state index contributed by atoms with van der Waals surface area (Å²) in [5, 5.41) is 9.30. The minimum Gasteiger partial charge on any atom is -0.478 e. The van der Waals surface area contributed by atoms with Crippen molar-refractivity contribution in [3.63, 3.8) is 0 Å². The summed E-state index contributed by atoms with van der Waals surface area (Å²) in [6.07, 6.45) is 0.721. The number of anilines is 1. The number of carbonyl (C=O) groups is 1. The molecule has 11 heteroatoms. The monoisotopic (exact) mass is 590 g/mol. The molecule has 218 valence electrons. The fourth-order valence-corrected chi connectivity index (χ4v) is 5.42. The molecule has 0 aliphatic carbocycles. The van der Waals surface area contributed by atoms with Gasteiger partial charge in [0.05, 0.1) is 16.2 Å². The van der Waals surface area contributed by atoms with Gasteiger partial charge in [0.15, 0.2) is 0 Å². The van der Waals surface area contributed by atoms with Crippen LogP contribution in [0.4, 0.5) is 5.95 Å². The van der Waals surface area contributed by atoms with Gasteiger partial charge in [0.2, 0.25) is 11.8 Å². The molecule has 1 aromatic heterocycles. The molecule has 0 unspecified atom stereocenters. The lowest BCUT2D eigenvalue weighted by atomic mass is 9.89. The predicted octanol–water partition coefficient (Wildman–Crippen LogP) is 5.95. The minimum atomic E-state index is -4.21. The van der Waals surface area contributed by atoms with E-state index >= 15 is 0 Å². The molecule has 2 aromatic carbocycles. The van der Waals surface area contributed by atoms with Crippen molar-refractivity contribution in [2.75, 3.05) is 11.3 Å². The molecule has 1 atom stereocenters. The molecule has 3 aromatic rings. The molecule has 4 N–H and O–H groups in total. The van der Waals surface area contributed by atoms with Gasteiger partial charge in [0.1, 0.15) is 6.61 Å². The highest BCUT2D eigenvalue weighted by atomic mass is 35.5. The lowest BCUT2D eigenvalue weighted by Crippen LogP contribution is -2.32. The molecular formula is C29H39ClN4O5S. The molecule has 1 heterocycles. The molecular weight excluding hydrogens is 552 g/mol. The van der Waals surface area contributed by atoms with Gasteiger partial charge in [-0.05, 0) is 60.9 Å². The van der Waals surface area contributed by atoms with Gasteiger partial charge in [-0.25, -0.2) is 22.9 Å². The third kappa shape index (κ3) is 8.16. The number of nitrogens with one attached hydrogen (secondary N) is 1. The number of hydrogen-bond acceptors (Lipinski definition) is 7. The van der Waals surface area contributed by atoms with E-state index < -0.39 is 16.0 Å². The third-order valence-electron chi connectivity index (χ3n) is 6.19. The standard InChI is InChI=1S/C29H38N4O5S.ClH/c1-17(2)23-13-8-10-18(3)24(23)25-19(4)26(38-16-21(30)15-29(5,6)7)32-28(31-25)33-39(36,37)22-12-9-11-20(14-22)27(34)35;/h8-14,17,21H,15-16,30H2,1-7H3,(H,34,35)(H,31,32,33);1H/t21-;/m1./s1. The first-order valence-electron chi connectivity index (χ1n) is 12.8. The number of benzene rings is 2. The zero-order chi connectivity index (χ0) is 29.1. The van der Waals surface area contributed by atoms with Crippen LogP contribution in [0.3, 0.4) is 0 Å². The van der Waals surface area contributed by atoms with Crippen molar-refractivity contribution < 1.29 is 23.1 Å². The number of nitrogens with zero attached hydrogens (tertiary/aromatic N) is 2. The number of aromatic carboxylic acids is 1. The number of nitrogens with two attached hydrogens (primary N) is 1. The molecule has 0 aliphatic rings. The van der Waals surface area contributed by atoms with Gasteiger partial charge in [-0.2, -0.15) is 4.98 Å². The van der Waals surface area contributed by atoms with Gasteiger partial charge in [-0.3, -0.25) is 0 Å². The van der Waals surface area contributed by atoms with Crippen LogP contribution in [-0.4, -0.2) is 42.1 Å². The second-order valence-electron chi connectivity index (χ2n) is 11.3. The van der Waals surface area contributed by atoms with E-state index in [1.807, 2.05) is 32.0 Å². The minimum absolute atomic E-state index is 0. The lowest BCUT2D eigenvalue weighted by Gasteiger charge is -2.24. The van der Waals surface area contributed by atoms with Crippen molar-refractivity contribution in [3.8, 4) is 17.1 Å². The Kier molecular flexibility index (Phi) is 10.7. The van der Waals surface area contributed by atoms with Crippen LogP contribution in [0.25, 0.3) is 11.3 Å². The Morgan fingerprint density at radius 2 is 1.75 bits per heavy atom. The second kappa shape index (κ2) is 13.0. The van der Waals surface area contributed by atoms with Gasteiger partial charge in [-0.15, -0.1) is 12.4 Å². The zero-order valence-corrected chi connectivity index (χ0v) is 25.6. The summed E-state index contributed by atoms with van der Waals surface area (Å²) in [6, 6.07) is 10.8. The Labute approximate surface area is 243 Å². The number of ether oxygens (including phenoxy) is 1. The molecule has 0 bridgehead atoms. The maximum absolute atomic E-state index is 13.2. The van der Waals surface area contributed by atoms with Gasteiger partial charge in [-0.1, -0.05) is 58.9 Å². The van der Waals surface area contributed by atoms with Crippen LogP contribution in [0.1, 0.15) is 74.0 Å². The third-order valence-corrected chi connectivity index (χ3v) is 7.52. The molecule has 0 fully saturated rings. The molecule has 40 heavy (non-hydrogen) atoms. The highest BCUT2D eigenvalue weighted by molar-refractivity contribution is 7.92. The summed E-state index contributed by atoms with van der Waals surface area (Å²) in [4.78, 5) is 20.2. The smallest absolute Gasteiger partial charge is 0.335 e. The molecule has 0 saturated heterocycles. The van der Waals surface area contributed by atoms with E-state index in [4.69, 9.17) is 10.5 Å². The van der Waals surface area contributed by atoms with Crippen molar-refractivity contribution >= 4 is 34.3 Å². The molecule has 9 nitrogen and oxygen atoms in total. The van der Waals surface area contributed by atoms with Crippen LogP contribution in [-0.2, 0) is 10.0 Å². The Balaban J connectivity index is 0.00000560. The number of sulfonamides is 1. The number of rotatable bonds is 10. The maximum atomic E-state index is 13.2. The van der Waals surface area contributed by atoms with E-state index in [1.165, 1.54) is 18.2 Å². The first-order valence-corrected chi connectivity index (χ1v) is 14.3. The number of carboxylic acid groups (broad SMARTS) is 1.